The van der Waals surface area contributed by atoms with Crippen LogP contribution in [0.25, 0.3) is 0 Å². The fourth-order valence-electron chi connectivity index (χ4n) is 3.05. The molecule has 118 valence electrons. The molecule has 2 atom stereocenters. The molecule has 0 aliphatic heterocycles. The van der Waals surface area contributed by atoms with Gasteiger partial charge in [0.25, 0.3) is 0 Å². The molecule has 0 aromatic carbocycles. The van der Waals surface area contributed by atoms with Crippen LogP contribution in [0.5, 0.6) is 0 Å². The molecule has 0 saturated heterocycles. The zero-order valence-electron chi connectivity index (χ0n) is 12.6. The summed E-state index contributed by atoms with van der Waals surface area (Å²) in [5.74, 6) is 0.607. The van der Waals surface area contributed by atoms with E-state index in [9.17, 15) is 8.42 Å². The summed E-state index contributed by atoms with van der Waals surface area (Å²) in [6, 6.07) is 2.45. The summed E-state index contributed by atoms with van der Waals surface area (Å²) in [6.07, 6.45) is 8.26. The number of rotatable bonds is 6. The number of nitrogens with one attached hydrogen (secondary N) is 3. The van der Waals surface area contributed by atoms with Crippen molar-refractivity contribution in [3.05, 3.63) is 18.0 Å². The summed E-state index contributed by atoms with van der Waals surface area (Å²) in [5.41, 5.74) is 0.930. The zero-order valence-corrected chi connectivity index (χ0v) is 13.4. The van der Waals surface area contributed by atoms with Crippen molar-refractivity contribution in [1.29, 1.82) is 0 Å². The van der Waals surface area contributed by atoms with Crippen LogP contribution in [0.4, 0.5) is 0 Å². The fourth-order valence-corrected chi connectivity index (χ4v) is 4.35. The molecule has 21 heavy (non-hydrogen) atoms. The average Bonchev–Trinajstić information content (AvgIpc) is 3.12. The van der Waals surface area contributed by atoms with Gasteiger partial charge in [-0.2, -0.15) is 0 Å². The maximum absolute atomic E-state index is 12.4. The van der Waals surface area contributed by atoms with E-state index in [1.165, 1.54) is 19.3 Å². The van der Waals surface area contributed by atoms with Gasteiger partial charge in [-0.15, -0.1) is 0 Å². The van der Waals surface area contributed by atoms with E-state index < -0.39 is 10.0 Å². The number of hydrogen-bond acceptors (Lipinski definition) is 3. The lowest BCUT2D eigenvalue weighted by Crippen LogP contribution is -2.37. The van der Waals surface area contributed by atoms with Crippen LogP contribution in [0.3, 0.4) is 0 Å². The normalized spacial score (nSPS) is 26.9. The molecule has 3 N–H and O–H groups in total. The predicted molar refractivity (Wildman–Crippen MR) is 82.4 cm³/mol. The van der Waals surface area contributed by atoms with Gasteiger partial charge in [-0.1, -0.05) is 19.8 Å². The summed E-state index contributed by atoms with van der Waals surface area (Å²) in [7, 11) is -3.39. The Morgan fingerprint density at radius 1 is 1.24 bits per heavy atom. The highest BCUT2D eigenvalue weighted by molar-refractivity contribution is 7.89. The maximum atomic E-state index is 12.4. The van der Waals surface area contributed by atoms with Gasteiger partial charge in [-0.25, -0.2) is 13.1 Å². The van der Waals surface area contributed by atoms with Crippen molar-refractivity contribution in [2.45, 2.75) is 69.0 Å². The van der Waals surface area contributed by atoms with Crippen molar-refractivity contribution in [1.82, 2.24) is 15.0 Å². The van der Waals surface area contributed by atoms with Gasteiger partial charge >= 0.3 is 0 Å². The molecule has 2 fully saturated rings. The van der Waals surface area contributed by atoms with Gasteiger partial charge in [0, 0.05) is 30.5 Å². The van der Waals surface area contributed by atoms with Gasteiger partial charge in [0.1, 0.15) is 0 Å². The van der Waals surface area contributed by atoms with Gasteiger partial charge in [-0.05, 0) is 37.7 Å². The second-order valence-corrected chi connectivity index (χ2v) is 8.32. The highest BCUT2D eigenvalue weighted by Gasteiger charge is 2.25. The Balaban J connectivity index is 1.60. The third kappa shape index (κ3) is 4.08. The van der Waals surface area contributed by atoms with E-state index in [1.54, 1.807) is 12.3 Å². The van der Waals surface area contributed by atoms with Crippen molar-refractivity contribution >= 4 is 10.0 Å². The van der Waals surface area contributed by atoms with E-state index in [-0.39, 0.29) is 6.04 Å². The molecule has 0 radical (unpaired) electrons. The minimum Gasteiger partial charge on any atom is -0.363 e. The molecule has 1 aromatic heterocycles. The average molecular weight is 311 g/mol. The van der Waals surface area contributed by atoms with Crippen molar-refractivity contribution in [3.8, 4) is 0 Å². The van der Waals surface area contributed by atoms with Crippen LogP contribution in [0.1, 0.15) is 51.1 Å². The molecule has 0 bridgehead atoms. The second-order valence-electron chi connectivity index (χ2n) is 6.61. The van der Waals surface area contributed by atoms with Crippen LogP contribution >= 0.6 is 0 Å². The molecule has 2 unspecified atom stereocenters. The largest absolute Gasteiger partial charge is 0.363 e. The Morgan fingerprint density at radius 2 is 2.05 bits per heavy atom. The Morgan fingerprint density at radius 3 is 2.76 bits per heavy atom. The van der Waals surface area contributed by atoms with Crippen LogP contribution in [0.15, 0.2) is 17.2 Å². The molecular formula is C15H25N3O2S. The van der Waals surface area contributed by atoms with Crippen LogP contribution in [0.2, 0.25) is 0 Å². The molecule has 6 heteroatoms. The smallest absolute Gasteiger partial charge is 0.242 e. The SMILES string of the molecule is CC1CCCC(NS(=O)(=O)c2c[nH]c(CNC3CC3)c2)C1. The predicted octanol–water partition coefficient (Wildman–Crippen LogP) is 2.12. The number of sulfonamides is 1. The Hall–Kier alpha value is -0.850. The quantitative estimate of drug-likeness (QED) is 0.753. The van der Waals surface area contributed by atoms with Gasteiger partial charge in [0.15, 0.2) is 0 Å². The third-order valence-corrected chi connectivity index (χ3v) is 5.94. The van der Waals surface area contributed by atoms with Crippen molar-refractivity contribution < 1.29 is 8.42 Å². The highest BCUT2D eigenvalue weighted by Crippen LogP contribution is 2.25. The van der Waals surface area contributed by atoms with E-state index >= 15 is 0 Å². The van der Waals surface area contributed by atoms with E-state index in [2.05, 4.69) is 21.9 Å². The lowest BCUT2D eigenvalue weighted by Gasteiger charge is -2.27. The topological polar surface area (TPSA) is 74.0 Å². The molecule has 5 nitrogen and oxygen atoms in total. The first-order valence-electron chi connectivity index (χ1n) is 7.96. The van der Waals surface area contributed by atoms with Crippen LogP contribution in [0, 0.1) is 5.92 Å². The van der Waals surface area contributed by atoms with Crippen molar-refractivity contribution in [2.24, 2.45) is 5.92 Å². The highest BCUT2D eigenvalue weighted by atomic mass is 32.2. The van der Waals surface area contributed by atoms with Crippen LogP contribution in [-0.2, 0) is 16.6 Å². The molecule has 1 heterocycles. The molecule has 2 aliphatic rings. The van der Waals surface area contributed by atoms with E-state index in [4.69, 9.17) is 0 Å². The molecule has 2 saturated carbocycles. The van der Waals surface area contributed by atoms with Gasteiger partial charge < -0.3 is 10.3 Å². The number of hydrogen-bond donors (Lipinski definition) is 3. The molecular weight excluding hydrogens is 286 g/mol. The molecule has 2 aliphatic carbocycles. The Kier molecular flexibility index (Phi) is 4.38. The second kappa shape index (κ2) is 6.10. The zero-order chi connectivity index (χ0) is 14.9. The van der Waals surface area contributed by atoms with E-state index in [1.807, 2.05) is 0 Å². The monoisotopic (exact) mass is 311 g/mol. The number of aromatic amines is 1. The molecule has 0 spiro atoms. The standard InChI is InChI=1S/C15H25N3O2S/c1-11-3-2-4-13(7-11)18-21(19,20)15-8-14(17-10-15)9-16-12-5-6-12/h8,10-13,16-18H,2-7,9H2,1H3. The first-order valence-corrected chi connectivity index (χ1v) is 9.44. The number of H-pyrrole nitrogens is 1. The van der Waals surface area contributed by atoms with Gasteiger partial charge in [0.2, 0.25) is 10.0 Å². The minimum absolute atomic E-state index is 0.0849. The summed E-state index contributed by atoms with van der Waals surface area (Å²) < 4.78 is 27.7. The van der Waals surface area contributed by atoms with Gasteiger partial charge in [-0.3, -0.25) is 0 Å². The summed E-state index contributed by atoms with van der Waals surface area (Å²) in [4.78, 5) is 3.41. The van der Waals surface area contributed by atoms with Crippen molar-refractivity contribution in [2.75, 3.05) is 0 Å². The third-order valence-electron chi connectivity index (χ3n) is 4.44. The van der Waals surface area contributed by atoms with Crippen LogP contribution in [-0.4, -0.2) is 25.5 Å². The lowest BCUT2D eigenvalue weighted by atomic mass is 9.88. The summed E-state index contributed by atoms with van der Waals surface area (Å²) in [6.45, 7) is 2.90. The minimum atomic E-state index is -3.39. The Bertz CT molecular complexity index is 577. The summed E-state index contributed by atoms with van der Waals surface area (Å²) >= 11 is 0. The first kappa shape index (κ1) is 15.1. The molecule has 3 rings (SSSR count). The summed E-state index contributed by atoms with van der Waals surface area (Å²) in [5, 5.41) is 3.38. The van der Waals surface area contributed by atoms with Crippen LogP contribution < -0.4 is 10.0 Å². The maximum Gasteiger partial charge on any atom is 0.242 e. The number of aromatic nitrogens is 1. The fraction of sp³-hybridized carbons (Fsp3) is 0.733. The Labute approximate surface area is 127 Å². The van der Waals surface area contributed by atoms with Crippen molar-refractivity contribution in [3.63, 3.8) is 0 Å². The lowest BCUT2D eigenvalue weighted by molar-refractivity contribution is 0.327. The first-order chi connectivity index (χ1) is 10.0. The van der Waals surface area contributed by atoms with E-state index in [0.717, 1.165) is 25.0 Å². The van der Waals surface area contributed by atoms with Gasteiger partial charge in [0.05, 0.1) is 4.90 Å². The molecule has 0 amide bonds. The molecule has 1 aromatic rings. The van der Waals surface area contributed by atoms with E-state index in [0.29, 0.717) is 23.4 Å².